The second kappa shape index (κ2) is 8.00. The molecule has 134 valence electrons. The van der Waals surface area contributed by atoms with E-state index in [1.807, 2.05) is 12.1 Å². The maximum Gasteiger partial charge on any atom is 0.251 e. The molecular weight excluding hydrogens is 344 g/mol. The van der Waals surface area contributed by atoms with Gasteiger partial charge in [0, 0.05) is 12.1 Å². The summed E-state index contributed by atoms with van der Waals surface area (Å²) < 4.78 is 36.5. The smallest absolute Gasteiger partial charge is 0.251 e. The number of hydrogen-bond donors (Lipinski definition) is 2. The molecule has 0 saturated carbocycles. The predicted octanol–water partition coefficient (Wildman–Crippen LogP) is 1.54. The third-order valence-corrected chi connectivity index (χ3v) is 5.03. The standard InChI is InChI=1S/C17H20N2O5S/c1-18-25(21,22)16-10-13(6-9-15(16)24-3)17(20)19-11-12-4-7-14(23-2)8-5-12/h4-10,18H,11H2,1-3H3,(H,19,20). The van der Waals surface area contributed by atoms with Gasteiger partial charge in [0.15, 0.2) is 0 Å². The number of rotatable bonds is 7. The largest absolute Gasteiger partial charge is 0.497 e. The fraction of sp³-hybridized carbons (Fsp3) is 0.235. The van der Waals surface area contributed by atoms with Crippen molar-refractivity contribution in [1.82, 2.24) is 10.0 Å². The Hall–Kier alpha value is -2.58. The molecule has 2 aromatic rings. The van der Waals surface area contributed by atoms with E-state index in [2.05, 4.69) is 10.0 Å². The van der Waals surface area contributed by atoms with Crippen molar-refractivity contribution in [1.29, 1.82) is 0 Å². The van der Waals surface area contributed by atoms with E-state index in [4.69, 9.17) is 9.47 Å². The molecule has 0 heterocycles. The Balaban J connectivity index is 2.17. The van der Waals surface area contributed by atoms with E-state index in [1.54, 1.807) is 19.2 Å². The summed E-state index contributed by atoms with van der Waals surface area (Å²) in [6, 6.07) is 11.5. The van der Waals surface area contributed by atoms with Crippen LogP contribution in [0.5, 0.6) is 11.5 Å². The van der Waals surface area contributed by atoms with Crippen LogP contribution in [0.25, 0.3) is 0 Å². The van der Waals surface area contributed by atoms with E-state index in [0.29, 0.717) is 6.54 Å². The molecule has 7 nitrogen and oxygen atoms in total. The summed E-state index contributed by atoms with van der Waals surface area (Å²) in [5.74, 6) is 0.513. The van der Waals surface area contributed by atoms with Gasteiger partial charge in [-0.1, -0.05) is 12.1 Å². The van der Waals surface area contributed by atoms with Crippen molar-refractivity contribution < 1.29 is 22.7 Å². The van der Waals surface area contributed by atoms with Crippen LogP contribution in [0.3, 0.4) is 0 Å². The molecule has 0 aliphatic carbocycles. The normalized spacial score (nSPS) is 11.0. The van der Waals surface area contributed by atoms with Crippen LogP contribution in [0.15, 0.2) is 47.4 Å². The highest BCUT2D eigenvalue weighted by molar-refractivity contribution is 7.89. The quantitative estimate of drug-likeness (QED) is 0.777. The summed E-state index contributed by atoms with van der Waals surface area (Å²) in [5.41, 5.74) is 1.12. The monoisotopic (exact) mass is 364 g/mol. The van der Waals surface area contributed by atoms with Gasteiger partial charge in [-0.05, 0) is 42.9 Å². The second-order valence-electron chi connectivity index (χ2n) is 5.10. The number of benzene rings is 2. The van der Waals surface area contributed by atoms with Gasteiger partial charge in [0.1, 0.15) is 16.4 Å². The van der Waals surface area contributed by atoms with Gasteiger partial charge < -0.3 is 14.8 Å². The third kappa shape index (κ3) is 4.49. The molecule has 0 aromatic heterocycles. The van der Waals surface area contributed by atoms with Crippen LogP contribution in [0.2, 0.25) is 0 Å². The number of amides is 1. The van der Waals surface area contributed by atoms with Crippen LogP contribution in [0, 0.1) is 0 Å². The van der Waals surface area contributed by atoms with Crippen LogP contribution in [0.1, 0.15) is 15.9 Å². The minimum absolute atomic E-state index is 0.0883. The van der Waals surface area contributed by atoms with E-state index in [9.17, 15) is 13.2 Å². The molecule has 25 heavy (non-hydrogen) atoms. The van der Waals surface area contributed by atoms with Gasteiger partial charge in [-0.2, -0.15) is 0 Å². The summed E-state index contributed by atoms with van der Waals surface area (Å²) in [6.07, 6.45) is 0. The number of ether oxygens (including phenoxy) is 2. The molecule has 0 aliphatic heterocycles. The molecular formula is C17H20N2O5S. The highest BCUT2D eigenvalue weighted by Gasteiger charge is 2.20. The van der Waals surface area contributed by atoms with Gasteiger partial charge in [-0.15, -0.1) is 0 Å². The Kier molecular flexibility index (Phi) is 6.00. The zero-order chi connectivity index (χ0) is 18.4. The van der Waals surface area contributed by atoms with Crippen molar-refractivity contribution in [2.75, 3.05) is 21.3 Å². The van der Waals surface area contributed by atoms with Crippen LogP contribution < -0.4 is 19.5 Å². The SMILES string of the molecule is CNS(=O)(=O)c1cc(C(=O)NCc2ccc(OC)cc2)ccc1OC. The number of nitrogens with one attached hydrogen (secondary N) is 2. The molecule has 0 aliphatic rings. The molecule has 2 rings (SSSR count). The van der Waals surface area contributed by atoms with Crippen LogP contribution in [0.4, 0.5) is 0 Å². The van der Waals surface area contributed by atoms with Crippen LogP contribution >= 0.6 is 0 Å². The zero-order valence-electron chi connectivity index (χ0n) is 14.2. The van der Waals surface area contributed by atoms with Crippen LogP contribution in [-0.2, 0) is 16.6 Å². The number of methoxy groups -OCH3 is 2. The Morgan fingerprint density at radius 3 is 2.28 bits per heavy atom. The molecule has 0 spiro atoms. The molecule has 0 atom stereocenters. The minimum Gasteiger partial charge on any atom is -0.497 e. The third-order valence-electron chi connectivity index (χ3n) is 3.60. The van der Waals surface area contributed by atoms with E-state index >= 15 is 0 Å². The first-order valence-corrected chi connectivity index (χ1v) is 8.92. The van der Waals surface area contributed by atoms with Gasteiger partial charge >= 0.3 is 0 Å². The number of hydrogen-bond acceptors (Lipinski definition) is 5. The van der Waals surface area contributed by atoms with Gasteiger partial charge in [-0.25, -0.2) is 13.1 Å². The Labute approximate surface area is 147 Å². The second-order valence-corrected chi connectivity index (χ2v) is 6.96. The topological polar surface area (TPSA) is 93.7 Å². The molecule has 0 bridgehead atoms. The Morgan fingerprint density at radius 2 is 1.72 bits per heavy atom. The summed E-state index contributed by atoms with van der Waals surface area (Å²) in [7, 11) is 0.505. The van der Waals surface area contributed by atoms with Gasteiger partial charge in [0.25, 0.3) is 5.91 Å². The summed E-state index contributed by atoms with van der Waals surface area (Å²) >= 11 is 0. The average Bonchev–Trinajstić information content (AvgIpc) is 2.65. The fourth-order valence-corrected chi connectivity index (χ4v) is 3.08. The highest BCUT2D eigenvalue weighted by atomic mass is 32.2. The highest BCUT2D eigenvalue weighted by Crippen LogP contribution is 2.24. The van der Waals surface area contributed by atoms with E-state index in [-0.39, 0.29) is 22.1 Å². The lowest BCUT2D eigenvalue weighted by Crippen LogP contribution is -2.24. The number of sulfonamides is 1. The lowest BCUT2D eigenvalue weighted by atomic mass is 10.2. The van der Waals surface area contributed by atoms with Crippen molar-refractivity contribution in [2.45, 2.75) is 11.4 Å². The first-order chi connectivity index (χ1) is 11.9. The van der Waals surface area contributed by atoms with Crippen LogP contribution in [-0.4, -0.2) is 35.6 Å². The molecule has 2 aromatic carbocycles. The van der Waals surface area contributed by atoms with E-state index in [0.717, 1.165) is 11.3 Å². The molecule has 8 heteroatoms. The first kappa shape index (κ1) is 18.8. The lowest BCUT2D eigenvalue weighted by Gasteiger charge is -2.11. The first-order valence-electron chi connectivity index (χ1n) is 7.44. The van der Waals surface area contributed by atoms with Gasteiger partial charge in [-0.3, -0.25) is 4.79 Å². The van der Waals surface area contributed by atoms with Crippen molar-refractivity contribution in [2.24, 2.45) is 0 Å². The summed E-state index contributed by atoms with van der Waals surface area (Å²) in [4.78, 5) is 12.2. The van der Waals surface area contributed by atoms with E-state index < -0.39 is 10.0 Å². The Morgan fingerprint density at radius 1 is 1.04 bits per heavy atom. The maximum atomic E-state index is 12.3. The summed E-state index contributed by atoms with van der Waals surface area (Å²) in [5, 5.41) is 2.75. The van der Waals surface area contributed by atoms with Crippen molar-refractivity contribution in [3.05, 3.63) is 53.6 Å². The molecule has 2 N–H and O–H groups in total. The van der Waals surface area contributed by atoms with Gasteiger partial charge in [0.05, 0.1) is 14.2 Å². The zero-order valence-corrected chi connectivity index (χ0v) is 15.0. The van der Waals surface area contributed by atoms with Crippen molar-refractivity contribution >= 4 is 15.9 Å². The fourth-order valence-electron chi connectivity index (χ4n) is 2.17. The van der Waals surface area contributed by atoms with E-state index in [1.165, 1.54) is 32.4 Å². The molecule has 0 fully saturated rings. The average molecular weight is 364 g/mol. The number of carbonyl (C=O) groups is 1. The molecule has 0 radical (unpaired) electrons. The molecule has 0 unspecified atom stereocenters. The predicted molar refractivity (Wildman–Crippen MR) is 93.4 cm³/mol. The number of carbonyl (C=O) groups excluding carboxylic acids is 1. The maximum absolute atomic E-state index is 12.3. The minimum atomic E-state index is -3.74. The van der Waals surface area contributed by atoms with Crippen molar-refractivity contribution in [3.63, 3.8) is 0 Å². The summed E-state index contributed by atoms with van der Waals surface area (Å²) in [6.45, 7) is 0.308. The molecule has 1 amide bonds. The Bertz CT molecular complexity index is 848. The lowest BCUT2D eigenvalue weighted by molar-refractivity contribution is 0.0950. The van der Waals surface area contributed by atoms with Gasteiger partial charge in [0.2, 0.25) is 10.0 Å². The van der Waals surface area contributed by atoms with Crippen molar-refractivity contribution in [3.8, 4) is 11.5 Å². The molecule has 0 saturated heterocycles.